The first-order chi connectivity index (χ1) is 9.38. The molecule has 1 atom stereocenters. The van der Waals surface area contributed by atoms with Crippen LogP contribution < -0.4 is 5.32 Å². The summed E-state index contributed by atoms with van der Waals surface area (Å²) < 4.78 is 41.1. The maximum atomic E-state index is 13.7. The minimum Gasteiger partial charge on any atom is -0.376 e. The van der Waals surface area contributed by atoms with E-state index < -0.39 is 20.8 Å². The van der Waals surface area contributed by atoms with Gasteiger partial charge in [0.25, 0.3) is 15.0 Å². The normalized spacial score (nSPS) is 19.0. The number of carbonyl (C=O) groups is 1. The van der Waals surface area contributed by atoms with Crippen molar-refractivity contribution in [2.24, 2.45) is 0 Å². The van der Waals surface area contributed by atoms with E-state index in [2.05, 4.69) is 5.32 Å². The molecule has 1 unspecified atom stereocenters. The fourth-order valence-electron chi connectivity index (χ4n) is 1.94. The van der Waals surface area contributed by atoms with Crippen molar-refractivity contribution >= 4 is 25.6 Å². The largest absolute Gasteiger partial charge is 0.376 e. The van der Waals surface area contributed by atoms with Crippen LogP contribution in [0.25, 0.3) is 0 Å². The van der Waals surface area contributed by atoms with Crippen molar-refractivity contribution in [3.8, 4) is 0 Å². The number of benzene rings is 1. The lowest BCUT2D eigenvalue weighted by atomic mass is 10.2. The fourth-order valence-corrected chi connectivity index (χ4v) is 2.70. The molecule has 1 aliphatic heterocycles. The molecule has 1 fully saturated rings. The lowest BCUT2D eigenvalue weighted by Gasteiger charge is -2.11. The van der Waals surface area contributed by atoms with Gasteiger partial charge in [0.15, 0.2) is 0 Å². The second-order valence-electron chi connectivity index (χ2n) is 4.42. The number of rotatable bonds is 4. The predicted octanol–water partition coefficient (Wildman–Crippen LogP) is 1.66. The summed E-state index contributed by atoms with van der Waals surface area (Å²) in [5, 5.41) is 2.55. The highest BCUT2D eigenvalue weighted by atomic mass is 35.7. The van der Waals surface area contributed by atoms with E-state index in [4.69, 9.17) is 15.4 Å². The molecule has 1 N–H and O–H groups in total. The number of hydrogen-bond acceptors (Lipinski definition) is 4. The Bertz CT molecular complexity index is 614. The Morgan fingerprint density at radius 3 is 2.80 bits per heavy atom. The molecule has 1 saturated heterocycles. The zero-order valence-corrected chi connectivity index (χ0v) is 12.0. The number of halogens is 2. The van der Waals surface area contributed by atoms with Crippen molar-refractivity contribution in [3.05, 3.63) is 29.6 Å². The van der Waals surface area contributed by atoms with E-state index in [1.165, 1.54) is 0 Å². The molecule has 0 aromatic heterocycles. The van der Waals surface area contributed by atoms with Crippen LogP contribution in [0.4, 0.5) is 4.39 Å². The van der Waals surface area contributed by atoms with Crippen molar-refractivity contribution in [2.45, 2.75) is 23.8 Å². The zero-order valence-electron chi connectivity index (χ0n) is 10.4. The minimum absolute atomic E-state index is 0.0514. The van der Waals surface area contributed by atoms with Gasteiger partial charge in [-0.1, -0.05) is 0 Å². The summed E-state index contributed by atoms with van der Waals surface area (Å²) in [5.74, 6) is -1.55. The van der Waals surface area contributed by atoms with Crippen molar-refractivity contribution in [1.82, 2.24) is 5.32 Å². The third kappa shape index (κ3) is 3.68. The molecule has 0 radical (unpaired) electrons. The lowest BCUT2D eigenvalue weighted by molar-refractivity contribution is 0.0854. The molecule has 2 rings (SSSR count). The molecule has 1 amide bonds. The van der Waals surface area contributed by atoms with E-state index >= 15 is 0 Å². The summed E-state index contributed by atoms with van der Waals surface area (Å²) in [4.78, 5) is 11.4. The first kappa shape index (κ1) is 15.2. The average Bonchev–Trinajstić information content (AvgIpc) is 2.87. The van der Waals surface area contributed by atoms with Crippen LogP contribution in [-0.2, 0) is 13.8 Å². The molecular weight excluding hydrogens is 309 g/mol. The van der Waals surface area contributed by atoms with Gasteiger partial charge in [0.1, 0.15) is 5.82 Å². The van der Waals surface area contributed by atoms with Crippen molar-refractivity contribution in [2.75, 3.05) is 13.2 Å². The Morgan fingerprint density at radius 1 is 1.50 bits per heavy atom. The van der Waals surface area contributed by atoms with Gasteiger partial charge in [0.2, 0.25) is 0 Å². The van der Waals surface area contributed by atoms with Crippen LogP contribution in [0.15, 0.2) is 23.1 Å². The monoisotopic (exact) mass is 321 g/mol. The Labute approximate surface area is 120 Å². The molecule has 8 heteroatoms. The molecule has 1 aromatic carbocycles. The van der Waals surface area contributed by atoms with Gasteiger partial charge in [-0.15, -0.1) is 0 Å². The summed E-state index contributed by atoms with van der Waals surface area (Å²) in [6, 6.07) is 2.91. The van der Waals surface area contributed by atoms with Gasteiger partial charge in [0.05, 0.1) is 16.6 Å². The number of amides is 1. The van der Waals surface area contributed by atoms with Crippen LogP contribution >= 0.6 is 10.7 Å². The van der Waals surface area contributed by atoms with Gasteiger partial charge in [0, 0.05) is 23.8 Å². The van der Waals surface area contributed by atoms with E-state index in [0.29, 0.717) is 13.2 Å². The van der Waals surface area contributed by atoms with E-state index in [1.54, 1.807) is 0 Å². The molecule has 5 nitrogen and oxygen atoms in total. The van der Waals surface area contributed by atoms with Gasteiger partial charge in [-0.05, 0) is 31.0 Å². The van der Waals surface area contributed by atoms with Gasteiger partial charge in [-0.25, -0.2) is 12.8 Å². The minimum atomic E-state index is -4.01. The molecule has 0 aliphatic carbocycles. The van der Waals surface area contributed by atoms with E-state index in [-0.39, 0.29) is 16.6 Å². The standard InChI is InChI=1S/C12H13ClFNO4S/c13-20(17,18)9-3-4-10(11(14)6-9)12(16)15-7-8-2-1-5-19-8/h3-4,6,8H,1-2,5,7H2,(H,15,16). The van der Waals surface area contributed by atoms with Crippen molar-refractivity contribution < 1.29 is 22.3 Å². The highest BCUT2D eigenvalue weighted by Crippen LogP contribution is 2.18. The van der Waals surface area contributed by atoms with Crippen LogP contribution in [0.2, 0.25) is 0 Å². The van der Waals surface area contributed by atoms with Crippen LogP contribution in [0.1, 0.15) is 23.2 Å². The first-order valence-electron chi connectivity index (χ1n) is 6.02. The van der Waals surface area contributed by atoms with Crippen LogP contribution in [-0.4, -0.2) is 33.6 Å². The summed E-state index contributed by atoms with van der Waals surface area (Å²) in [6.45, 7) is 0.963. The molecule has 1 aliphatic rings. The molecule has 20 heavy (non-hydrogen) atoms. The van der Waals surface area contributed by atoms with Gasteiger partial charge in [-0.3, -0.25) is 4.79 Å². The molecule has 1 aromatic rings. The smallest absolute Gasteiger partial charge is 0.261 e. The highest BCUT2D eigenvalue weighted by Gasteiger charge is 2.19. The lowest BCUT2D eigenvalue weighted by Crippen LogP contribution is -2.32. The van der Waals surface area contributed by atoms with Gasteiger partial charge < -0.3 is 10.1 Å². The second-order valence-corrected chi connectivity index (χ2v) is 6.99. The van der Waals surface area contributed by atoms with Gasteiger partial charge >= 0.3 is 0 Å². The summed E-state index contributed by atoms with van der Waals surface area (Å²) in [7, 11) is 1.09. The summed E-state index contributed by atoms with van der Waals surface area (Å²) in [6.07, 6.45) is 1.74. The maximum absolute atomic E-state index is 13.7. The Morgan fingerprint density at radius 2 is 2.25 bits per heavy atom. The molecular formula is C12H13ClFNO4S. The number of ether oxygens (including phenoxy) is 1. The Hall–Kier alpha value is -1.18. The molecule has 0 spiro atoms. The van der Waals surface area contributed by atoms with E-state index in [9.17, 15) is 17.6 Å². The first-order valence-corrected chi connectivity index (χ1v) is 8.33. The van der Waals surface area contributed by atoms with Gasteiger partial charge in [-0.2, -0.15) is 0 Å². The number of carbonyl (C=O) groups excluding carboxylic acids is 1. The van der Waals surface area contributed by atoms with E-state index in [0.717, 1.165) is 31.0 Å². The van der Waals surface area contributed by atoms with Crippen molar-refractivity contribution in [1.29, 1.82) is 0 Å². The topological polar surface area (TPSA) is 72.5 Å². The molecule has 1 heterocycles. The van der Waals surface area contributed by atoms with Crippen LogP contribution in [0.5, 0.6) is 0 Å². The second kappa shape index (κ2) is 6.07. The fraction of sp³-hybridized carbons (Fsp3) is 0.417. The summed E-state index contributed by atoms with van der Waals surface area (Å²) in [5.41, 5.74) is -0.230. The Kier molecular flexibility index (Phi) is 4.62. The third-order valence-electron chi connectivity index (χ3n) is 2.98. The maximum Gasteiger partial charge on any atom is 0.261 e. The zero-order chi connectivity index (χ0) is 14.8. The molecule has 0 saturated carbocycles. The predicted molar refractivity (Wildman–Crippen MR) is 70.7 cm³/mol. The van der Waals surface area contributed by atoms with E-state index in [1.807, 2.05) is 0 Å². The quantitative estimate of drug-likeness (QED) is 0.856. The number of hydrogen-bond donors (Lipinski definition) is 1. The third-order valence-corrected chi connectivity index (χ3v) is 4.33. The highest BCUT2D eigenvalue weighted by molar-refractivity contribution is 8.13. The molecule has 110 valence electrons. The summed E-state index contributed by atoms with van der Waals surface area (Å²) >= 11 is 0. The van der Waals surface area contributed by atoms with Crippen LogP contribution in [0.3, 0.4) is 0 Å². The average molecular weight is 322 g/mol. The van der Waals surface area contributed by atoms with Crippen molar-refractivity contribution in [3.63, 3.8) is 0 Å². The number of nitrogens with one attached hydrogen (secondary N) is 1. The van der Waals surface area contributed by atoms with Crippen LogP contribution in [0, 0.1) is 5.82 Å². The SMILES string of the molecule is O=C(NCC1CCCO1)c1ccc(S(=O)(=O)Cl)cc1F. The Balaban J connectivity index is 2.06. The molecule has 0 bridgehead atoms.